The molecule has 0 saturated carbocycles. The first-order valence-electron chi connectivity index (χ1n) is 4.59. The number of nitrogens with one attached hydrogen (secondary N) is 2. The van der Waals surface area contributed by atoms with Gasteiger partial charge >= 0.3 is 6.09 Å². The second kappa shape index (κ2) is 4.31. The number of H-pyrrole nitrogens is 1. The lowest BCUT2D eigenvalue weighted by molar-refractivity contribution is 0.186. The molecule has 0 unspecified atom stereocenters. The molecule has 17 heavy (non-hydrogen) atoms. The number of carbonyl (C=O) groups is 1. The molecule has 0 radical (unpaired) electrons. The van der Waals surface area contributed by atoms with Crippen molar-refractivity contribution in [3.05, 3.63) is 22.7 Å². The van der Waals surface area contributed by atoms with Crippen LogP contribution in [0.4, 0.5) is 10.7 Å². The molecule has 0 aliphatic rings. The third kappa shape index (κ3) is 2.00. The smallest absolute Gasteiger partial charge is 0.413 e. The summed E-state index contributed by atoms with van der Waals surface area (Å²) in [5, 5.41) is 11.6. The number of aromatic nitrogens is 2. The van der Waals surface area contributed by atoms with Gasteiger partial charge in [-0.2, -0.15) is 5.26 Å². The van der Waals surface area contributed by atoms with E-state index in [-0.39, 0.29) is 11.5 Å². The van der Waals surface area contributed by atoms with Crippen molar-refractivity contribution in [1.29, 1.82) is 5.26 Å². The van der Waals surface area contributed by atoms with E-state index in [4.69, 9.17) is 16.9 Å². The molecular weight excluding hydrogens is 244 g/mol. The molecule has 1 aromatic carbocycles. The number of ether oxygens (including phenoxy) is 1. The molecule has 0 bridgehead atoms. The Morgan fingerprint density at radius 2 is 2.41 bits per heavy atom. The topological polar surface area (TPSA) is 90.8 Å². The highest BCUT2D eigenvalue weighted by molar-refractivity contribution is 6.32. The van der Waals surface area contributed by atoms with E-state index in [1.165, 1.54) is 7.11 Å². The summed E-state index contributed by atoms with van der Waals surface area (Å²) >= 11 is 5.86. The quantitative estimate of drug-likeness (QED) is 0.812. The molecule has 0 atom stereocenters. The highest BCUT2D eigenvalue weighted by Gasteiger charge is 2.12. The number of rotatable bonds is 1. The second-order valence-corrected chi connectivity index (χ2v) is 3.54. The molecular formula is C10H7ClN4O2. The number of imidazole rings is 1. The van der Waals surface area contributed by atoms with Crippen LogP contribution in [0.15, 0.2) is 12.1 Å². The molecule has 0 aliphatic heterocycles. The van der Waals surface area contributed by atoms with E-state index in [1.807, 2.05) is 6.07 Å². The Labute approximate surface area is 101 Å². The number of aromatic amines is 1. The Balaban J connectivity index is 2.51. The van der Waals surface area contributed by atoms with Gasteiger partial charge in [0, 0.05) is 0 Å². The molecule has 2 rings (SSSR count). The molecule has 1 amide bonds. The first kappa shape index (κ1) is 11.2. The lowest BCUT2D eigenvalue weighted by Gasteiger charge is -1.96. The fraction of sp³-hybridized carbons (Fsp3) is 0.100. The molecule has 1 heterocycles. The summed E-state index contributed by atoms with van der Waals surface area (Å²) in [6, 6.07) is 5.22. The third-order valence-corrected chi connectivity index (χ3v) is 2.44. The van der Waals surface area contributed by atoms with Gasteiger partial charge in [-0.15, -0.1) is 0 Å². The van der Waals surface area contributed by atoms with Crippen LogP contribution in [0, 0.1) is 11.3 Å². The van der Waals surface area contributed by atoms with Crippen molar-refractivity contribution in [2.45, 2.75) is 0 Å². The number of hydrogen-bond donors (Lipinski definition) is 2. The number of halogens is 1. The first-order chi connectivity index (χ1) is 8.15. The molecule has 86 valence electrons. The van der Waals surface area contributed by atoms with Gasteiger partial charge in [-0.1, -0.05) is 11.6 Å². The SMILES string of the molecule is COC(=O)Nc1nc2c(C#N)c(Cl)ccc2[nH]1. The van der Waals surface area contributed by atoms with Crippen molar-refractivity contribution in [2.24, 2.45) is 0 Å². The Morgan fingerprint density at radius 1 is 1.65 bits per heavy atom. The number of nitrogens with zero attached hydrogens (tertiary/aromatic N) is 2. The predicted octanol–water partition coefficient (Wildman–Crippen LogP) is 2.27. The fourth-order valence-corrected chi connectivity index (χ4v) is 1.56. The normalized spacial score (nSPS) is 9.94. The highest BCUT2D eigenvalue weighted by atomic mass is 35.5. The Hall–Kier alpha value is -2.26. The summed E-state index contributed by atoms with van der Waals surface area (Å²) in [5.74, 6) is 0.200. The summed E-state index contributed by atoms with van der Waals surface area (Å²) in [7, 11) is 1.25. The van der Waals surface area contributed by atoms with Gasteiger partial charge in [0.15, 0.2) is 0 Å². The average molecular weight is 251 g/mol. The van der Waals surface area contributed by atoms with Crippen LogP contribution >= 0.6 is 11.6 Å². The fourth-order valence-electron chi connectivity index (χ4n) is 1.36. The van der Waals surface area contributed by atoms with Crippen LogP contribution in [0.3, 0.4) is 0 Å². The zero-order valence-corrected chi connectivity index (χ0v) is 9.50. The minimum atomic E-state index is -0.645. The van der Waals surface area contributed by atoms with Crippen molar-refractivity contribution < 1.29 is 9.53 Å². The number of methoxy groups -OCH3 is 1. The molecule has 6 nitrogen and oxygen atoms in total. The first-order valence-corrected chi connectivity index (χ1v) is 4.96. The standard InChI is InChI=1S/C10H7ClN4O2/c1-17-10(16)15-9-13-7-3-2-6(11)5(4-12)8(7)14-9/h2-3H,1H3,(H2,13,14,15,16). The van der Waals surface area contributed by atoms with Crippen molar-refractivity contribution in [2.75, 3.05) is 12.4 Å². The van der Waals surface area contributed by atoms with Gasteiger partial charge in [-0.3, -0.25) is 5.32 Å². The molecule has 0 aliphatic carbocycles. The van der Waals surface area contributed by atoms with E-state index >= 15 is 0 Å². The molecule has 0 fully saturated rings. The minimum Gasteiger partial charge on any atom is -0.453 e. The zero-order chi connectivity index (χ0) is 12.4. The summed E-state index contributed by atoms with van der Waals surface area (Å²) in [4.78, 5) is 17.9. The summed E-state index contributed by atoms with van der Waals surface area (Å²) < 4.78 is 4.43. The Morgan fingerprint density at radius 3 is 3.06 bits per heavy atom. The van der Waals surface area contributed by atoms with Crippen LogP contribution in [-0.4, -0.2) is 23.2 Å². The van der Waals surface area contributed by atoms with E-state index in [2.05, 4.69) is 20.0 Å². The van der Waals surface area contributed by atoms with Crippen LogP contribution in [0.25, 0.3) is 11.0 Å². The number of nitriles is 1. The number of hydrogen-bond acceptors (Lipinski definition) is 4. The van der Waals surface area contributed by atoms with Crippen LogP contribution < -0.4 is 5.32 Å². The maximum atomic E-state index is 11.0. The number of anilines is 1. The molecule has 2 aromatic rings. The van der Waals surface area contributed by atoms with Gasteiger partial charge in [0.2, 0.25) is 5.95 Å². The second-order valence-electron chi connectivity index (χ2n) is 3.13. The van der Waals surface area contributed by atoms with E-state index in [0.717, 1.165) is 0 Å². The summed E-state index contributed by atoms with van der Waals surface area (Å²) in [6.45, 7) is 0. The van der Waals surface area contributed by atoms with Crippen LogP contribution in [0.5, 0.6) is 0 Å². The number of amides is 1. The van der Waals surface area contributed by atoms with E-state index in [0.29, 0.717) is 16.1 Å². The van der Waals surface area contributed by atoms with Gasteiger partial charge in [-0.05, 0) is 12.1 Å². The van der Waals surface area contributed by atoms with Crippen molar-refractivity contribution >= 4 is 34.7 Å². The Bertz CT molecular complexity index is 629. The summed E-state index contributed by atoms with van der Waals surface area (Å²) in [6.07, 6.45) is -0.645. The predicted molar refractivity (Wildman–Crippen MR) is 61.8 cm³/mol. The van der Waals surface area contributed by atoms with Crippen LogP contribution in [-0.2, 0) is 4.74 Å². The molecule has 7 heteroatoms. The van der Waals surface area contributed by atoms with Crippen molar-refractivity contribution in [1.82, 2.24) is 9.97 Å². The Kier molecular flexibility index (Phi) is 2.85. The van der Waals surface area contributed by atoms with E-state index in [9.17, 15) is 4.79 Å². The largest absolute Gasteiger partial charge is 0.453 e. The highest BCUT2D eigenvalue weighted by Crippen LogP contribution is 2.24. The molecule has 0 spiro atoms. The molecule has 0 saturated heterocycles. The van der Waals surface area contributed by atoms with Crippen LogP contribution in [0.1, 0.15) is 5.56 Å². The van der Waals surface area contributed by atoms with E-state index in [1.54, 1.807) is 12.1 Å². The maximum Gasteiger partial charge on any atom is 0.413 e. The third-order valence-electron chi connectivity index (χ3n) is 2.12. The van der Waals surface area contributed by atoms with Crippen LogP contribution in [0.2, 0.25) is 5.02 Å². The van der Waals surface area contributed by atoms with Gasteiger partial charge < -0.3 is 9.72 Å². The number of fused-ring (bicyclic) bond motifs is 1. The van der Waals surface area contributed by atoms with Gasteiger partial charge in [-0.25, -0.2) is 9.78 Å². The average Bonchev–Trinajstić information content (AvgIpc) is 2.71. The zero-order valence-electron chi connectivity index (χ0n) is 8.74. The minimum absolute atomic E-state index is 0.200. The molecule has 1 aromatic heterocycles. The molecule has 2 N–H and O–H groups in total. The van der Waals surface area contributed by atoms with Gasteiger partial charge in [0.1, 0.15) is 11.6 Å². The lowest BCUT2D eigenvalue weighted by Crippen LogP contribution is -2.11. The van der Waals surface area contributed by atoms with Crippen molar-refractivity contribution in [3.63, 3.8) is 0 Å². The van der Waals surface area contributed by atoms with Gasteiger partial charge in [0.25, 0.3) is 0 Å². The number of carbonyl (C=O) groups excluding carboxylic acids is 1. The van der Waals surface area contributed by atoms with Crippen molar-refractivity contribution in [3.8, 4) is 6.07 Å². The van der Waals surface area contributed by atoms with Gasteiger partial charge in [0.05, 0.1) is 23.2 Å². The van der Waals surface area contributed by atoms with E-state index < -0.39 is 6.09 Å². The lowest BCUT2D eigenvalue weighted by atomic mass is 10.2. The monoisotopic (exact) mass is 250 g/mol. The summed E-state index contributed by atoms with van der Waals surface area (Å²) in [5.41, 5.74) is 1.28. The maximum absolute atomic E-state index is 11.0. The number of benzene rings is 1.